The van der Waals surface area contributed by atoms with Gasteiger partial charge in [0.2, 0.25) is 0 Å². The predicted molar refractivity (Wildman–Crippen MR) is 60.1 cm³/mol. The summed E-state index contributed by atoms with van der Waals surface area (Å²) in [5, 5.41) is 8.78. The van der Waals surface area contributed by atoms with Crippen LogP contribution in [0.3, 0.4) is 0 Å². The van der Waals surface area contributed by atoms with Crippen LogP contribution in [0.25, 0.3) is 0 Å². The molecule has 1 aromatic rings. The highest BCUT2D eigenvalue weighted by atomic mass is 19.4. The van der Waals surface area contributed by atoms with E-state index in [0.29, 0.717) is 5.56 Å². The van der Waals surface area contributed by atoms with Crippen molar-refractivity contribution in [1.29, 1.82) is 0 Å². The molecule has 0 saturated heterocycles. The highest BCUT2D eigenvalue weighted by Gasteiger charge is 2.45. The second-order valence-corrected chi connectivity index (χ2v) is 3.93. The van der Waals surface area contributed by atoms with Crippen molar-refractivity contribution in [1.82, 2.24) is 4.90 Å². The molecule has 1 N–H and O–H groups in total. The number of halogens is 3. The molecule has 0 fully saturated rings. The van der Waals surface area contributed by atoms with Gasteiger partial charge in [0.05, 0.1) is 0 Å². The standard InChI is InChI=1S/C12H12F3NO3/c1-8(10(17)18)16(11(19)12(13,14)15)7-9-5-3-2-4-6-9/h2-6,8H,7H2,1H3,(H,17,18)/t8-/m1/s1. The van der Waals surface area contributed by atoms with Crippen molar-refractivity contribution in [2.24, 2.45) is 0 Å². The van der Waals surface area contributed by atoms with Gasteiger partial charge in [-0.25, -0.2) is 4.79 Å². The summed E-state index contributed by atoms with van der Waals surface area (Å²) < 4.78 is 37.3. The summed E-state index contributed by atoms with van der Waals surface area (Å²) in [4.78, 5) is 22.3. The molecular formula is C12H12F3NO3. The summed E-state index contributed by atoms with van der Waals surface area (Å²) in [6, 6.07) is 6.33. The first-order valence-electron chi connectivity index (χ1n) is 5.38. The number of alkyl halides is 3. The summed E-state index contributed by atoms with van der Waals surface area (Å²) in [6.45, 7) is 0.627. The van der Waals surface area contributed by atoms with Crippen LogP contribution in [-0.4, -0.2) is 34.1 Å². The molecule has 104 valence electrons. The predicted octanol–water partition coefficient (Wildman–Crippen LogP) is 2.05. The van der Waals surface area contributed by atoms with Crippen LogP contribution < -0.4 is 0 Å². The lowest BCUT2D eigenvalue weighted by Gasteiger charge is -2.27. The Balaban J connectivity index is 3.00. The Labute approximate surface area is 107 Å². The smallest absolute Gasteiger partial charge is 0.471 e. The third-order valence-corrected chi connectivity index (χ3v) is 2.52. The van der Waals surface area contributed by atoms with E-state index in [1.54, 1.807) is 18.2 Å². The largest absolute Gasteiger partial charge is 0.480 e. The number of carbonyl (C=O) groups excluding carboxylic acids is 1. The third kappa shape index (κ3) is 3.97. The van der Waals surface area contributed by atoms with Crippen molar-refractivity contribution in [2.75, 3.05) is 0 Å². The fourth-order valence-electron chi connectivity index (χ4n) is 1.46. The zero-order chi connectivity index (χ0) is 14.6. The van der Waals surface area contributed by atoms with Crippen molar-refractivity contribution in [3.63, 3.8) is 0 Å². The molecule has 1 aromatic carbocycles. The number of rotatable bonds is 4. The Morgan fingerprint density at radius 3 is 2.21 bits per heavy atom. The average molecular weight is 275 g/mol. The van der Waals surface area contributed by atoms with Gasteiger partial charge in [0.25, 0.3) is 0 Å². The van der Waals surface area contributed by atoms with Gasteiger partial charge in [-0.2, -0.15) is 13.2 Å². The number of carbonyl (C=O) groups is 2. The molecule has 1 rings (SSSR count). The van der Waals surface area contributed by atoms with Gasteiger partial charge in [-0.15, -0.1) is 0 Å². The molecule has 19 heavy (non-hydrogen) atoms. The first-order valence-corrected chi connectivity index (χ1v) is 5.38. The minimum atomic E-state index is -5.10. The lowest BCUT2D eigenvalue weighted by atomic mass is 10.1. The van der Waals surface area contributed by atoms with Crippen LogP contribution >= 0.6 is 0 Å². The quantitative estimate of drug-likeness (QED) is 0.915. The molecule has 0 aliphatic rings. The molecule has 0 heterocycles. The first kappa shape index (κ1) is 15.0. The summed E-state index contributed by atoms with van der Waals surface area (Å²) in [5.74, 6) is -3.65. The lowest BCUT2D eigenvalue weighted by molar-refractivity contribution is -0.190. The van der Waals surface area contributed by atoms with E-state index in [1.807, 2.05) is 0 Å². The number of hydrogen-bond donors (Lipinski definition) is 1. The Bertz CT molecular complexity index is 459. The summed E-state index contributed by atoms with van der Waals surface area (Å²) in [7, 11) is 0. The summed E-state index contributed by atoms with van der Waals surface area (Å²) >= 11 is 0. The Morgan fingerprint density at radius 1 is 1.26 bits per heavy atom. The van der Waals surface area contributed by atoms with Crippen molar-refractivity contribution in [3.8, 4) is 0 Å². The number of carboxylic acid groups (broad SMARTS) is 1. The van der Waals surface area contributed by atoms with E-state index in [0.717, 1.165) is 6.92 Å². The van der Waals surface area contributed by atoms with E-state index in [2.05, 4.69) is 0 Å². The fourth-order valence-corrected chi connectivity index (χ4v) is 1.46. The molecule has 0 aliphatic carbocycles. The molecule has 0 bridgehead atoms. The molecule has 7 heteroatoms. The first-order chi connectivity index (χ1) is 8.73. The van der Waals surface area contributed by atoms with E-state index in [-0.39, 0.29) is 4.90 Å². The molecule has 0 aromatic heterocycles. The van der Waals surface area contributed by atoms with Gasteiger partial charge in [-0.1, -0.05) is 30.3 Å². The summed E-state index contributed by atoms with van der Waals surface area (Å²) in [5.41, 5.74) is 0.424. The highest BCUT2D eigenvalue weighted by molar-refractivity contribution is 5.86. The van der Waals surface area contributed by atoms with E-state index in [1.165, 1.54) is 12.1 Å². The fraction of sp³-hybridized carbons (Fsp3) is 0.333. The van der Waals surface area contributed by atoms with Gasteiger partial charge >= 0.3 is 18.1 Å². The molecule has 0 radical (unpaired) electrons. The Kier molecular flexibility index (Phi) is 4.52. The number of carboxylic acids is 1. The second kappa shape index (κ2) is 5.73. The van der Waals surface area contributed by atoms with Crippen LogP contribution in [0.15, 0.2) is 30.3 Å². The van der Waals surface area contributed by atoms with Crippen LogP contribution in [0.4, 0.5) is 13.2 Å². The lowest BCUT2D eigenvalue weighted by Crippen LogP contribution is -2.48. The maximum Gasteiger partial charge on any atom is 0.471 e. The number of benzene rings is 1. The molecule has 0 spiro atoms. The molecule has 0 unspecified atom stereocenters. The molecular weight excluding hydrogens is 263 g/mol. The monoisotopic (exact) mass is 275 g/mol. The van der Waals surface area contributed by atoms with Crippen LogP contribution in [-0.2, 0) is 16.1 Å². The van der Waals surface area contributed by atoms with Crippen molar-refractivity contribution < 1.29 is 27.9 Å². The molecule has 1 amide bonds. The number of hydrogen-bond acceptors (Lipinski definition) is 2. The van der Waals surface area contributed by atoms with Crippen LogP contribution in [0.2, 0.25) is 0 Å². The molecule has 0 aliphatic heterocycles. The Morgan fingerprint density at radius 2 is 1.79 bits per heavy atom. The number of amides is 1. The maximum absolute atomic E-state index is 12.4. The van der Waals surface area contributed by atoms with Crippen molar-refractivity contribution in [2.45, 2.75) is 25.7 Å². The van der Waals surface area contributed by atoms with Gasteiger partial charge in [0, 0.05) is 6.54 Å². The van der Waals surface area contributed by atoms with E-state index in [9.17, 15) is 22.8 Å². The summed E-state index contributed by atoms with van der Waals surface area (Å²) in [6.07, 6.45) is -5.10. The van der Waals surface area contributed by atoms with Gasteiger partial charge in [-0.3, -0.25) is 4.79 Å². The minimum Gasteiger partial charge on any atom is -0.480 e. The topological polar surface area (TPSA) is 57.6 Å². The van der Waals surface area contributed by atoms with Gasteiger partial charge in [0.1, 0.15) is 6.04 Å². The normalized spacial score (nSPS) is 12.8. The Hall–Kier alpha value is -2.05. The van der Waals surface area contributed by atoms with Crippen LogP contribution in [0.5, 0.6) is 0 Å². The SMILES string of the molecule is C[C@H](C(=O)O)N(Cc1ccccc1)C(=O)C(F)(F)F. The van der Waals surface area contributed by atoms with Gasteiger partial charge in [0.15, 0.2) is 0 Å². The third-order valence-electron chi connectivity index (χ3n) is 2.52. The molecule has 4 nitrogen and oxygen atoms in total. The van der Waals surface area contributed by atoms with Crippen LogP contribution in [0, 0.1) is 0 Å². The van der Waals surface area contributed by atoms with Gasteiger partial charge in [-0.05, 0) is 12.5 Å². The van der Waals surface area contributed by atoms with E-state index in [4.69, 9.17) is 5.11 Å². The minimum absolute atomic E-state index is 0.289. The van der Waals surface area contributed by atoms with Gasteiger partial charge < -0.3 is 10.0 Å². The number of aliphatic carboxylic acids is 1. The maximum atomic E-state index is 12.4. The van der Waals surface area contributed by atoms with Crippen LogP contribution in [0.1, 0.15) is 12.5 Å². The van der Waals surface area contributed by atoms with Crippen molar-refractivity contribution in [3.05, 3.63) is 35.9 Å². The average Bonchev–Trinajstić information content (AvgIpc) is 2.34. The molecule has 0 saturated carbocycles. The van der Waals surface area contributed by atoms with E-state index >= 15 is 0 Å². The van der Waals surface area contributed by atoms with Crippen molar-refractivity contribution >= 4 is 11.9 Å². The number of nitrogens with zero attached hydrogens (tertiary/aromatic N) is 1. The highest BCUT2D eigenvalue weighted by Crippen LogP contribution is 2.22. The second-order valence-electron chi connectivity index (χ2n) is 3.93. The zero-order valence-electron chi connectivity index (χ0n) is 10.0. The zero-order valence-corrected chi connectivity index (χ0v) is 10.0. The van der Waals surface area contributed by atoms with E-state index < -0.39 is 30.6 Å². The molecule has 1 atom stereocenters.